The van der Waals surface area contributed by atoms with E-state index in [2.05, 4.69) is 15.4 Å². The Hall–Kier alpha value is -3.22. The number of rotatable bonds is 10. The second-order valence-corrected chi connectivity index (χ2v) is 11.1. The molecule has 186 valence electrons. The summed E-state index contributed by atoms with van der Waals surface area (Å²) in [5.74, 6) is -2.20. The predicted molar refractivity (Wildman–Crippen MR) is 129 cm³/mol. The molecule has 3 N–H and O–H groups in total. The average molecular weight is 521 g/mol. The largest absolute Gasteiger partial charge is 0.478 e. The van der Waals surface area contributed by atoms with Gasteiger partial charge in [0.05, 0.1) is 23.3 Å². The molecule has 35 heavy (non-hydrogen) atoms. The van der Waals surface area contributed by atoms with Crippen molar-refractivity contribution in [3.8, 4) is 0 Å². The van der Waals surface area contributed by atoms with Crippen molar-refractivity contribution >= 4 is 50.9 Å². The van der Waals surface area contributed by atoms with Gasteiger partial charge in [-0.25, -0.2) is 13.2 Å². The Morgan fingerprint density at radius 3 is 2.54 bits per heavy atom. The summed E-state index contributed by atoms with van der Waals surface area (Å²) in [7, 11) is -2.46. The molecule has 3 rings (SSSR count). The number of sulfone groups is 1. The fraction of sp³-hybridized carbons (Fsp3) is 0.304. The molecule has 0 spiro atoms. The lowest BCUT2D eigenvalue weighted by atomic mass is 10.0. The first-order valence-electron chi connectivity index (χ1n) is 10.6. The summed E-state index contributed by atoms with van der Waals surface area (Å²) in [4.78, 5) is 48.1. The van der Waals surface area contributed by atoms with Crippen LogP contribution in [-0.2, 0) is 19.4 Å². The standard InChI is InChI=1S/C23H24N2O8S2/c1-33-20(27)7-3-6-19(26)14-8-9-18(17(13-14)22(29)30)25-21(28)15-4-2-5-16(12-15)35(31,32)23-24-10-11-34-23/h2,4-5,8-9,12-13,23-24H,3,6-7,10-11H2,1H3,(H,25,28)(H,29,30). The number of carbonyl (C=O) groups excluding carboxylic acids is 3. The first kappa shape index (κ1) is 26.4. The van der Waals surface area contributed by atoms with Crippen molar-refractivity contribution in [3.63, 3.8) is 0 Å². The first-order valence-corrected chi connectivity index (χ1v) is 13.2. The number of hydrogen-bond acceptors (Lipinski definition) is 9. The van der Waals surface area contributed by atoms with Crippen LogP contribution in [0, 0.1) is 0 Å². The van der Waals surface area contributed by atoms with Gasteiger partial charge in [0.25, 0.3) is 5.91 Å². The Morgan fingerprint density at radius 1 is 1.11 bits per heavy atom. The maximum atomic E-state index is 12.8. The Balaban J connectivity index is 1.77. The zero-order chi connectivity index (χ0) is 25.6. The number of aromatic carboxylic acids is 1. The molecule has 0 aromatic heterocycles. The molecule has 12 heteroatoms. The number of Topliss-reactive ketones (excluding diaryl/α,β-unsaturated/α-hetero) is 1. The minimum absolute atomic E-state index is 0.0231. The van der Waals surface area contributed by atoms with E-state index in [4.69, 9.17) is 0 Å². The number of anilines is 1. The van der Waals surface area contributed by atoms with Crippen LogP contribution in [0.1, 0.15) is 50.3 Å². The number of nitrogens with one attached hydrogen (secondary N) is 2. The van der Waals surface area contributed by atoms with E-state index in [9.17, 15) is 32.7 Å². The van der Waals surface area contributed by atoms with Crippen molar-refractivity contribution in [1.29, 1.82) is 0 Å². The molecule has 0 aliphatic carbocycles. The molecule has 1 aliphatic heterocycles. The topological polar surface area (TPSA) is 156 Å². The van der Waals surface area contributed by atoms with E-state index in [1.54, 1.807) is 0 Å². The number of amides is 1. The zero-order valence-electron chi connectivity index (χ0n) is 18.8. The minimum atomic E-state index is -3.71. The van der Waals surface area contributed by atoms with Gasteiger partial charge in [-0.2, -0.15) is 0 Å². The molecule has 1 atom stereocenters. The number of methoxy groups -OCH3 is 1. The quantitative estimate of drug-likeness (QED) is 0.314. The average Bonchev–Trinajstić information content (AvgIpc) is 3.40. The highest BCUT2D eigenvalue weighted by atomic mass is 32.3. The van der Waals surface area contributed by atoms with Gasteiger partial charge in [-0.1, -0.05) is 6.07 Å². The van der Waals surface area contributed by atoms with Gasteiger partial charge in [-0.05, 0) is 42.8 Å². The third kappa shape index (κ3) is 6.47. The van der Waals surface area contributed by atoms with Crippen molar-refractivity contribution < 1.29 is 37.4 Å². The van der Waals surface area contributed by atoms with Crippen LogP contribution >= 0.6 is 11.8 Å². The molecule has 1 amide bonds. The Bertz CT molecular complexity index is 1250. The molecule has 0 radical (unpaired) electrons. The van der Waals surface area contributed by atoms with Gasteiger partial charge >= 0.3 is 11.9 Å². The molecule has 1 unspecified atom stereocenters. The van der Waals surface area contributed by atoms with Gasteiger partial charge in [0.15, 0.2) is 10.5 Å². The van der Waals surface area contributed by atoms with Crippen molar-refractivity contribution in [3.05, 3.63) is 59.2 Å². The summed E-state index contributed by atoms with van der Waals surface area (Å²) in [5.41, 5.74) is -0.185. The molecule has 0 bridgehead atoms. The molecule has 1 heterocycles. The Labute approximate surface area is 206 Å². The van der Waals surface area contributed by atoms with E-state index >= 15 is 0 Å². The second-order valence-electron chi connectivity index (χ2n) is 7.60. The van der Waals surface area contributed by atoms with Crippen LogP contribution in [0.15, 0.2) is 47.4 Å². The smallest absolute Gasteiger partial charge is 0.337 e. The zero-order valence-corrected chi connectivity index (χ0v) is 20.4. The highest BCUT2D eigenvalue weighted by Gasteiger charge is 2.31. The summed E-state index contributed by atoms with van der Waals surface area (Å²) in [6.45, 7) is 0.566. The molecule has 1 saturated heterocycles. The molecular formula is C23H24N2O8S2. The molecule has 1 aliphatic rings. The van der Waals surface area contributed by atoms with Gasteiger partial charge in [0.2, 0.25) is 9.84 Å². The van der Waals surface area contributed by atoms with Crippen LogP contribution < -0.4 is 10.6 Å². The monoisotopic (exact) mass is 520 g/mol. The number of benzene rings is 2. The van der Waals surface area contributed by atoms with E-state index < -0.39 is 32.4 Å². The maximum absolute atomic E-state index is 12.8. The number of carboxylic acid groups (broad SMARTS) is 1. The number of carbonyl (C=O) groups is 4. The van der Waals surface area contributed by atoms with E-state index in [-0.39, 0.29) is 52.3 Å². The van der Waals surface area contributed by atoms with Crippen molar-refractivity contribution in [2.24, 2.45) is 0 Å². The lowest BCUT2D eigenvalue weighted by Gasteiger charge is -2.13. The van der Waals surface area contributed by atoms with Crippen molar-refractivity contribution in [2.75, 3.05) is 24.7 Å². The third-order valence-corrected chi connectivity index (χ3v) is 8.94. The van der Waals surface area contributed by atoms with Crippen LogP contribution in [0.25, 0.3) is 0 Å². The van der Waals surface area contributed by atoms with Crippen LogP contribution in [0.5, 0.6) is 0 Å². The molecule has 10 nitrogen and oxygen atoms in total. The number of ketones is 1. The van der Waals surface area contributed by atoms with Gasteiger partial charge in [-0.3, -0.25) is 19.7 Å². The van der Waals surface area contributed by atoms with Crippen LogP contribution in [0.4, 0.5) is 5.69 Å². The van der Waals surface area contributed by atoms with E-state index in [1.165, 1.54) is 55.3 Å². The SMILES string of the molecule is COC(=O)CCCC(=O)c1ccc(NC(=O)c2cccc(S(=O)(=O)C3NCCS3)c2)c(C(=O)O)c1. The predicted octanol–water partition coefficient (Wildman–Crippen LogP) is 2.56. The number of hydrogen-bond donors (Lipinski definition) is 3. The maximum Gasteiger partial charge on any atom is 0.337 e. The second kappa shape index (κ2) is 11.5. The number of carboxylic acids is 1. The fourth-order valence-corrected chi connectivity index (χ4v) is 6.54. The van der Waals surface area contributed by atoms with Crippen molar-refractivity contribution in [1.82, 2.24) is 5.32 Å². The van der Waals surface area contributed by atoms with Crippen LogP contribution in [0.2, 0.25) is 0 Å². The first-order chi connectivity index (χ1) is 16.6. The summed E-state index contributed by atoms with van der Waals surface area (Å²) in [6.07, 6.45) is 0.336. The molecule has 2 aromatic rings. The Kier molecular flexibility index (Phi) is 8.65. The normalized spacial score (nSPS) is 15.4. The van der Waals surface area contributed by atoms with Gasteiger partial charge in [0.1, 0.15) is 0 Å². The van der Waals surface area contributed by atoms with Gasteiger partial charge in [-0.15, -0.1) is 11.8 Å². The van der Waals surface area contributed by atoms with Gasteiger partial charge in [0, 0.05) is 36.3 Å². The molecular weight excluding hydrogens is 496 g/mol. The van der Waals surface area contributed by atoms with Crippen molar-refractivity contribution in [2.45, 2.75) is 28.9 Å². The third-order valence-electron chi connectivity index (χ3n) is 5.22. The fourth-order valence-electron chi connectivity index (χ4n) is 3.38. The summed E-state index contributed by atoms with van der Waals surface area (Å²) in [5, 5.41) is 15.0. The van der Waals surface area contributed by atoms with E-state index in [0.717, 1.165) is 6.07 Å². The van der Waals surface area contributed by atoms with Crippen LogP contribution in [0.3, 0.4) is 0 Å². The van der Waals surface area contributed by atoms with E-state index in [0.29, 0.717) is 12.3 Å². The number of thioether (sulfide) groups is 1. The summed E-state index contributed by atoms with van der Waals surface area (Å²) in [6, 6.07) is 9.34. The highest BCUT2D eigenvalue weighted by Crippen LogP contribution is 2.27. The number of ether oxygens (including phenoxy) is 1. The minimum Gasteiger partial charge on any atom is -0.478 e. The molecule has 2 aromatic carbocycles. The van der Waals surface area contributed by atoms with Gasteiger partial charge < -0.3 is 15.2 Å². The summed E-state index contributed by atoms with van der Waals surface area (Å²) >= 11 is 1.26. The number of esters is 1. The van der Waals surface area contributed by atoms with Crippen LogP contribution in [-0.4, -0.2) is 61.3 Å². The highest BCUT2D eigenvalue weighted by molar-refractivity contribution is 8.13. The lowest BCUT2D eigenvalue weighted by Crippen LogP contribution is -2.29. The van der Waals surface area contributed by atoms with E-state index in [1.807, 2.05) is 0 Å². The summed E-state index contributed by atoms with van der Waals surface area (Å²) < 4.78 is 29.3. The Morgan fingerprint density at radius 2 is 1.89 bits per heavy atom. The lowest BCUT2D eigenvalue weighted by molar-refractivity contribution is -0.140. The molecule has 1 fully saturated rings. The molecule has 0 saturated carbocycles.